The zero-order chi connectivity index (χ0) is 17.1. The van der Waals surface area contributed by atoms with Crippen LogP contribution in [0.1, 0.15) is 5.56 Å². The quantitative estimate of drug-likeness (QED) is 0.486. The molecular formula is C23H20NO+. The Hall–Kier alpha value is -3.13. The van der Waals surface area contributed by atoms with Gasteiger partial charge in [-0.3, -0.25) is 0 Å². The van der Waals surface area contributed by atoms with Crippen molar-refractivity contribution < 1.29 is 9.30 Å². The van der Waals surface area contributed by atoms with Crippen LogP contribution in [-0.2, 0) is 13.7 Å². The summed E-state index contributed by atoms with van der Waals surface area (Å²) in [5.74, 6) is 0.880. The van der Waals surface area contributed by atoms with Crippen LogP contribution in [-0.4, -0.2) is 0 Å². The fourth-order valence-electron chi connectivity index (χ4n) is 3.10. The summed E-state index contributed by atoms with van der Waals surface area (Å²) in [6.45, 7) is 0.573. The van der Waals surface area contributed by atoms with Gasteiger partial charge in [0.1, 0.15) is 19.4 Å². The minimum Gasteiger partial charge on any atom is -0.488 e. The second-order valence-electron chi connectivity index (χ2n) is 6.16. The summed E-state index contributed by atoms with van der Waals surface area (Å²) in [5.41, 5.74) is 3.52. The van der Waals surface area contributed by atoms with Gasteiger partial charge < -0.3 is 4.74 Å². The molecule has 0 spiro atoms. The van der Waals surface area contributed by atoms with Crippen molar-refractivity contribution in [2.45, 2.75) is 6.61 Å². The Labute approximate surface area is 148 Å². The summed E-state index contributed by atoms with van der Waals surface area (Å²) in [6, 6.07) is 29.3. The molecule has 1 aromatic heterocycles. The van der Waals surface area contributed by atoms with Crippen LogP contribution >= 0.6 is 0 Å². The lowest BCUT2D eigenvalue weighted by atomic mass is 10.0. The highest BCUT2D eigenvalue weighted by Gasteiger charge is 2.14. The summed E-state index contributed by atoms with van der Waals surface area (Å²) < 4.78 is 8.14. The molecule has 0 saturated heterocycles. The van der Waals surface area contributed by atoms with Gasteiger partial charge in [0.25, 0.3) is 0 Å². The van der Waals surface area contributed by atoms with Gasteiger partial charge in [-0.2, -0.15) is 0 Å². The van der Waals surface area contributed by atoms with Gasteiger partial charge in [0.2, 0.25) is 5.69 Å². The Morgan fingerprint density at radius 1 is 0.800 bits per heavy atom. The Bertz CT molecular complexity index is 1000. The second kappa shape index (κ2) is 6.78. The molecule has 0 aliphatic rings. The number of aryl methyl sites for hydroxylation is 1. The van der Waals surface area contributed by atoms with E-state index in [4.69, 9.17) is 4.74 Å². The predicted molar refractivity (Wildman–Crippen MR) is 101 cm³/mol. The lowest BCUT2D eigenvalue weighted by Gasteiger charge is -2.09. The maximum atomic E-state index is 6.01. The number of hydrogen-bond acceptors (Lipinski definition) is 1. The van der Waals surface area contributed by atoms with Crippen LogP contribution in [0.15, 0.2) is 91.1 Å². The van der Waals surface area contributed by atoms with Crippen molar-refractivity contribution in [2.75, 3.05) is 0 Å². The largest absolute Gasteiger partial charge is 0.488 e. The number of benzene rings is 3. The molecule has 0 aliphatic heterocycles. The van der Waals surface area contributed by atoms with Crippen molar-refractivity contribution in [3.8, 4) is 17.0 Å². The van der Waals surface area contributed by atoms with E-state index in [-0.39, 0.29) is 0 Å². The number of rotatable bonds is 4. The maximum Gasteiger partial charge on any atom is 0.216 e. The smallest absolute Gasteiger partial charge is 0.216 e. The van der Waals surface area contributed by atoms with Gasteiger partial charge in [0.15, 0.2) is 6.20 Å². The maximum absolute atomic E-state index is 6.01. The van der Waals surface area contributed by atoms with Crippen LogP contribution in [0.5, 0.6) is 5.75 Å². The normalized spacial score (nSPS) is 10.8. The van der Waals surface area contributed by atoms with Crippen molar-refractivity contribution in [3.63, 3.8) is 0 Å². The van der Waals surface area contributed by atoms with Crippen LogP contribution in [0.25, 0.3) is 22.0 Å². The Kier molecular flexibility index (Phi) is 4.17. The van der Waals surface area contributed by atoms with Crippen molar-refractivity contribution in [3.05, 3.63) is 96.7 Å². The van der Waals surface area contributed by atoms with Crippen molar-refractivity contribution in [1.29, 1.82) is 0 Å². The Morgan fingerprint density at radius 3 is 2.44 bits per heavy atom. The standard InChI is InChI=1S/C23H20NO/c1-24-15-14-20(25-17-18-8-3-2-4-9-18)16-23(24)22-13-7-11-19-10-5-6-12-21(19)22/h2-16H,17H2,1H3/q+1. The van der Waals surface area contributed by atoms with E-state index in [1.165, 1.54) is 21.9 Å². The number of hydrogen-bond donors (Lipinski definition) is 0. The molecule has 3 aromatic carbocycles. The molecule has 0 N–H and O–H groups in total. The molecule has 0 atom stereocenters. The average molecular weight is 326 g/mol. The SMILES string of the molecule is C[n+]1ccc(OCc2ccccc2)cc1-c1cccc2ccccc12. The molecule has 0 unspecified atom stereocenters. The van der Waals surface area contributed by atoms with Gasteiger partial charge in [-0.1, -0.05) is 66.7 Å². The molecule has 0 amide bonds. The zero-order valence-corrected chi connectivity index (χ0v) is 14.2. The van der Waals surface area contributed by atoms with Crippen molar-refractivity contribution >= 4 is 10.8 Å². The number of ether oxygens (including phenoxy) is 1. The lowest BCUT2D eigenvalue weighted by molar-refractivity contribution is -0.660. The van der Waals surface area contributed by atoms with Crippen molar-refractivity contribution in [1.82, 2.24) is 0 Å². The van der Waals surface area contributed by atoms with E-state index >= 15 is 0 Å². The lowest BCUT2D eigenvalue weighted by Crippen LogP contribution is -2.30. The summed E-state index contributed by atoms with van der Waals surface area (Å²) >= 11 is 0. The minimum atomic E-state index is 0.573. The number of pyridine rings is 1. The van der Waals surface area contributed by atoms with E-state index < -0.39 is 0 Å². The molecule has 2 heteroatoms. The molecule has 25 heavy (non-hydrogen) atoms. The van der Waals surface area contributed by atoms with Gasteiger partial charge >= 0.3 is 0 Å². The molecule has 1 heterocycles. The fraction of sp³-hybridized carbons (Fsp3) is 0.0870. The summed E-state index contributed by atoms with van der Waals surface area (Å²) in [7, 11) is 2.07. The average Bonchev–Trinajstić information content (AvgIpc) is 2.68. The first-order valence-corrected chi connectivity index (χ1v) is 8.46. The van der Waals surface area contributed by atoms with Crippen LogP contribution < -0.4 is 9.30 Å². The molecule has 4 aromatic rings. The van der Waals surface area contributed by atoms with Gasteiger partial charge in [-0.15, -0.1) is 0 Å². The van der Waals surface area contributed by atoms with E-state index in [0.717, 1.165) is 11.4 Å². The van der Waals surface area contributed by atoms with Gasteiger partial charge in [0, 0.05) is 6.07 Å². The van der Waals surface area contributed by atoms with Crippen LogP contribution in [0.2, 0.25) is 0 Å². The third-order valence-corrected chi connectivity index (χ3v) is 4.44. The van der Waals surface area contributed by atoms with E-state index in [9.17, 15) is 0 Å². The molecular weight excluding hydrogens is 306 g/mol. The highest BCUT2D eigenvalue weighted by Crippen LogP contribution is 2.28. The highest BCUT2D eigenvalue weighted by atomic mass is 16.5. The third-order valence-electron chi connectivity index (χ3n) is 4.44. The highest BCUT2D eigenvalue weighted by molar-refractivity contribution is 5.95. The summed E-state index contributed by atoms with van der Waals surface area (Å²) in [5, 5.41) is 2.50. The molecule has 4 rings (SSSR count). The fourth-order valence-corrected chi connectivity index (χ4v) is 3.10. The number of aromatic nitrogens is 1. The third kappa shape index (κ3) is 3.24. The molecule has 0 bridgehead atoms. The Morgan fingerprint density at radius 2 is 1.56 bits per heavy atom. The number of nitrogens with zero attached hydrogens (tertiary/aromatic N) is 1. The number of fused-ring (bicyclic) bond motifs is 1. The first-order chi connectivity index (χ1) is 12.3. The summed E-state index contributed by atoms with van der Waals surface area (Å²) in [6.07, 6.45) is 2.05. The van der Waals surface area contributed by atoms with E-state index in [2.05, 4.69) is 78.5 Å². The van der Waals surface area contributed by atoms with Crippen molar-refractivity contribution in [2.24, 2.45) is 7.05 Å². The Balaban J connectivity index is 1.70. The molecule has 0 radical (unpaired) electrons. The summed E-state index contributed by atoms with van der Waals surface area (Å²) in [4.78, 5) is 0. The van der Waals surface area contributed by atoms with E-state index in [1.54, 1.807) is 0 Å². The van der Waals surface area contributed by atoms with Crippen LogP contribution in [0.3, 0.4) is 0 Å². The molecule has 0 aliphatic carbocycles. The zero-order valence-electron chi connectivity index (χ0n) is 14.2. The van der Waals surface area contributed by atoms with Crippen LogP contribution in [0, 0.1) is 0 Å². The topological polar surface area (TPSA) is 13.1 Å². The molecule has 0 fully saturated rings. The van der Waals surface area contributed by atoms with E-state index in [0.29, 0.717) is 6.61 Å². The minimum absolute atomic E-state index is 0.573. The molecule has 0 saturated carbocycles. The van der Waals surface area contributed by atoms with E-state index in [1.807, 2.05) is 24.3 Å². The monoisotopic (exact) mass is 326 g/mol. The predicted octanol–water partition coefficient (Wildman–Crippen LogP) is 4.91. The second-order valence-corrected chi connectivity index (χ2v) is 6.16. The molecule has 2 nitrogen and oxygen atoms in total. The van der Waals surface area contributed by atoms with Gasteiger partial charge in [0.05, 0.1) is 11.6 Å². The van der Waals surface area contributed by atoms with Crippen LogP contribution in [0.4, 0.5) is 0 Å². The first kappa shape index (κ1) is 15.4. The molecule has 122 valence electrons. The van der Waals surface area contributed by atoms with Gasteiger partial charge in [-0.25, -0.2) is 4.57 Å². The first-order valence-electron chi connectivity index (χ1n) is 8.46. The van der Waals surface area contributed by atoms with Gasteiger partial charge in [-0.05, 0) is 22.4 Å².